The monoisotopic (exact) mass is 433 g/mol. The van der Waals surface area contributed by atoms with Gasteiger partial charge in [0.2, 0.25) is 0 Å². The van der Waals surface area contributed by atoms with Gasteiger partial charge in [0.05, 0.1) is 0 Å². The molecule has 0 saturated heterocycles. The normalized spacial score (nSPS) is 12.9. The number of nitrogens with zero attached hydrogens (tertiary/aromatic N) is 1. The fourth-order valence-electron chi connectivity index (χ4n) is 3.73. The van der Waals surface area contributed by atoms with Gasteiger partial charge in [0.25, 0.3) is 0 Å². The minimum absolute atomic E-state index is 0.824. The number of aromatic nitrogens is 1. The molecule has 3 heteroatoms. The van der Waals surface area contributed by atoms with E-state index in [-0.39, 0.29) is 0 Å². The summed E-state index contributed by atoms with van der Waals surface area (Å²) in [5, 5.41) is 1.01. The number of benzene rings is 3. The third-order valence-corrected chi connectivity index (χ3v) is 14.5. The van der Waals surface area contributed by atoms with Crippen molar-refractivity contribution in [3.63, 3.8) is 0 Å². The first-order valence-corrected chi connectivity index (χ1v) is 13.5. The van der Waals surface area contributed by atoms with E-state index in [1.807, 2.05) is 12.3 Å². The van der Waals surface area contributed by atoms with E-state index in [0.717, 1.165) is 11.9 Å². The molecule has 0 amide bonds. The van der Waals surface area contributed by atoms with Gasteiger partial charge in [0.1, 0.15) is 0 Å². The molecule has 0 aliphatic rings. The van der Waals surface area contributed by atoms with Gasteiger partial charge in [-0.1, -0.05) is 0 Å². The Labute approximate surface area is 168 Å². The molecule has 4 aromatic rings. The fraction of sp³-hybridized carbons (Fsp3) is 0.0417. The zero-order chi connectivity index (χ0) is 18.6. The van der Waals surface area contributed by atoms with Gasteiger partial charge in [-0.05, 0) is 0 Å². The summed E-state index contributed by atoms with van der Waals surface area (Å²) in [5.41, 5.74) is 1.09. The van der Waals surface area contributed by atoms with Crippen LogP contribution in [0.2, 0.25) is 0 Å². The number of pyridine rings is 1. The van der Waals surface area contributed by atoms with Crippen molar-refractivity contribution in [3.05, 3.63) is 121 Å². The van der Waals surface area contributed by atoms with E-state index >= 15 is 0 Å². The van der Waals surface area contributed by atoms with E-state index < -0.39 is 5.31 Å². The van der Waals surface area contributed by atoms with Gasteiger partial charge in [-0.15, -0.1) is 0 Å². The van der Waals surface area contributed by atoms with E-state index in [2.05, 4.69) is 124 Å². The zero-order valence-electron chi connectivity index (χ0n) is 14.9. The second kappa shape index (κ2) is 7.38. The van der Waals surface area contributed by atoms with Crippen LogP contribution in [0.1, 0.15) is 5.69 Å². The van der Waals surface area contributed by atoms with Crippen molar-refractivity contribution in [2.24, 2.45) is 0 Å². The van der Waals surface area contributed by atoms with Gasteiger partial charge in [-0.3, -0.25) is 0 Å². The van der Waals surface area contributed by atoms with E-state index in [9.17, 15) is 0 Å². The van der Waals surface area contributed by atoms with Gasteiger partial charge < -0.3 is 0 Å². The molecule has 3 aromatic carbocycles. The van der Waals surface area contributed by atoms with Crippen LogP contribution in [0, 0.1) is 0 Å². The van der Waals surface area contributed by atoms with Crippen LogP contribution in [0.3, 0.4) is 0 Å². The third-order valence-electron chi connectivity index (χ3n) is 5.07. The Morgan fingerprint density at radius 3 is 1.33 bits per heavy atom. The summed E-state index contributed by atoms with van der Waals surface area (Å²) in [7, 11) is 0. The Kier molecular flexibility index (Phi) is 4.95. The standard InChI is InChI=1S/C24H21BrNP/c25-27(22-13-4-1-5-14-22,23-15-6-2-7-16-23,24-17-8-3-9-18-24)20-21-12-10-11-19-26-21/h1-19H,20H2. The summed E-state index contributed by atoms with van der Waals surface area (Å²) in [6.45, 7) is 0. The maximum absolute atomic E-state index is 4.69. The Bertz CT molecular complexity index is 906. The molecular formula is C24H21BrNP. The quantitative estimate of drug-likeness (QED) is 0.382. The molecule has 0 saturated carbocycles. The average molecular weight is 434 g/mol. The minimum atomic E-state index is -2.93. The molecule has 134 valence electrons. The molecule has 1 heterocycles. The summed E-state index contributed by atoms with van der Waals surface area (Å²) >= 11 is 4.44. The van der Waals surface area contributed by atoms with Crippen molar-refractivity contribution in [2.45, 2.75) is 6.16 Å². The van der Waals surface area contributed by atoms with E-state index in [1.54, 1.807) is 0 Å². The van der Waals surface area contributed by atoms with E-state index in [4.69, 9.17) is 0 Å². The van der Waals surface area contributed by atoms with Gasteiger partial charge in [0, 0.05) is 0 Å². The van der Waals surface area contributed by atoms with Gasteiger partial charge in [-0.2, -0.15) is 0 Å². The summed E-state index contributed by atoms with van der Waals surface area (Å²) < 4.78 is 0. The van der Waals surface area contributed by atoms with Crippen LogP contribution in [0.4, 0.5) is 0 Å². The van der Waals surface area contributed by atoms with Crippen LogP contribution in [0.25, 0.3) is 0 Å². The van der Waals surface area contributed by atoms with Crippen molar-refractivity contribution in [2.75, 3.05) is 0 Å². The van der Waals surface area contributed by atoms with Crippen LogP contribution < -0.4 is 15.9 Å². The molecule has 0 aliphatic heterocycles. The molecule has 1 aromatic heterocycles. The van der Waals surface area contributed by atoms with Crippen molar-refractivity contribution in [1.82, 2.24) is 4.98 Å². The predicted molar refractivity (Wildman–Crippen MR) is 122 cm³/mol. The molecule has 0 atom stereocenters. The molecule has 0 spiro atoms. The molecule has 0 radical (unpaired) electrons. The average Bonchev–Trinajstić information content (AvgIpc) is 2.76. The predicted octanol–water partition coefficient (Wildman–Crippen LogP) is 5.42. The zero-order valence-corrected chi connectivity index (χ0v) is 17.4. The Morgan fingerprint density at radius 2 is 0.963 bits per heavy atom. The second-order valence-electron chi connectivity index (χ2n) is 6.67. The van der Waals surface area contributed by atoms with Crippen molar-refractivity contribution in [3.8, 4) is 0 Å². The first-order valence-electron chi connectivity index (χ1n) is 9.01. The number of hydrogen-bond acceptors (Lipinski definition) is 1. The SMILES string of the molecule is BrP(Cc1ccccn1)(c1ccccc1)(c1ccccc1)c1ccccc1. The van der Waals surface area contributed by atoms with Crippen LogP contribution in [0.5, 0.6) is 0 Å². The molecule has 0 N–H and O–H groups in total. The Balaban J connectivity index is 2.09. The van der Waals surface area contributed by atoms with Crippen LogP contribution in [-0.2, 0) is 6.16 Å². The number of rotatable bonds is 5. The van der Waals surface area contributed by atoms with Gasteiger partial charge in [-0.25, -0.2) is 0 Å². The molecule has 27 heavy (non-hydrogen) atoms. The number of halogens is 1. The van der Waals surface area contributed by atoms with Crippen LogP contribution in [-0.4, -0.2) is 4.98 Å². The number of hydrogen-bond donors (Lipinski definition) is 0. The Hall–Kier alpha value is -2.28. The molecular weight excluding hydrogens is 413 g/mol. The molecule has 1 nitrogen and oxygen atoms in total. The first-order chi connectivity index (χ1) is 13.2. The summed E-state index contributed by atoms with van der Waals surface area (Å²) in [4.78, 5) is 4.69. The van der Waals surface area contributed by atoms with Gasteiger partial charge in [0.15, 0.2) is 0 Å². The van der Waals surface area contributed by atoms with E-state index in [0.29, 0.717) is 0 Å². The maximum atomic E-state index is 4.69. The van der Waals surface area contributed by atoms with Crippen LogP contribution >= 0.6 is 20.8 Å². The second-order valence-corrected chi connectivity index (χ2v) is 15.6. The fourth-order valence-corrected chi connectivity index (χ4v) is 11.3. The third kappa shape index (κ3) is 3.14. The molecule has 0 aliphatic carbocycles. The molecule has 4 rings (SSSR count). The topological polar surface area (TPSA) is 12.9 Å². The van der Waals surface area contributed by atoms with Crippen molar-refractivity contribution >= 4 is 36.7 Å². The molecule has 0 unspecified atom stereocenters. The molecule has 0 bridgehead atoms. The summed E-state index contributed by atoms with van der Waals surface area (Å²) in [6.07, 6.45) is 2.70. The van der Waals surface area contributed by atoms with Crippen molar-refractivity contribution in [1.29, 1.82) is 0 Å². The van der Waals surface area contributed by atoms with Crippen LogP contribution in [0.15, 0.2) is 115 Å². The summed E-state index contributed by atoms with van der Waals surface area (Å²) in [5.74, 6) is 0. The first kappa shape index (κ1) is 18.1. The molecule has 0 fully saturated rings. The van der Waals surface area contributed by atoms with Gasteiger partial charge >= 0.3 is 169 Å². The summed E-state index contributed by atoms with van der Waals surface area (Å²) in [6, 6.07) is 38.6. The van der Waals surface area contributed by atoms with Crippen molar-refractivity contribution < 1.29 is 0 Å². The van der Waals surface area contributed by atoms with E-state index in [1.165, 1.54) is 15.9 Å². The Morgan fingerprint density at radius 1 is 0.556 bits per heavy atom.